The maximum absolute atomic E-state index is 12.5. The van der Waals surface area contributed by atoms with E-state index in [1.54, 1.807) is 10.9 Å². The van der Waals surface area contributed by atoms with Crippen LogP contribution in [-0.4, -0.2) is 31.8 Å². The van der Waals surface area contributed by atoms with Crippen LogP contribution in [0.5, 0.6) is 0 Å². The number of nitrogens with two attached hydrogens (primary N) is 1. The van der Waals surface area contributed by atoms with Crippen molar-refractivity contribution in [2.45, 2.75) is 32.9 Å². The highest BCUT2D eigenvalue weighted by molar-refractivity contribution is 5.83. The number of amides is 1. The third kappa shape index (κ3) is 2.84. The number of nitrogens with zero attached hydrogens (tertiary/aromatic N) is 4. The molecular formula is C17H22N6O. The fraction of sp³-hybridized carbons (Fsp3) is 0.353. The smallest absolute Gasteiger partial charge is 0.247 e. The number of carbonyl (C=O) groups excluding carboxylic acids is 1. The largest absolute Gasteiger partial charge is 0.396 e. The summed E-state index contributed by atoms with van der Waals surface area (Å²) in [5, 5.41) is 7.11. The van der Waals surface area contributed by atoms with Crippen molar-refractivity contribution in [1.29, 1.82) is 0 Å². The van der Waals surface area contributed by atoms with Gasteiger partial charge in [-0.15, -0.1) is 0 Å². The molecule has 0 bridgehead atoms. The van der Waals surface area contributed by atoms with E-state index in [9.17, 15) is 4.79 Å². The zero-order valence-corrected chi connectivity index (χ0v) is 14.2. The SMILES string of the molecule is Cc1nc2ccccc2n1CCNC(=O)C(C)(C)n1cc(N)cn1. The van der Waals surface area contributed by atoms with Crippen LogP contribution in [0.3, 0.4) is 0 Å². The Bertz CT molecular complexity index is 876. The highest BCUT2D eigenvalue weighted by atomic mass is 16.2. The summed E-state index contributed by atoms with van der Waals surface area (Å²) in [6.45, 7) is 6.77. The van der Waals surface area contributed by atoms with Gasteiger partial charge in [-0.1, -0.05) is 12.1 Å². The molecule has 0 atom stereocenters. The molecular weight excluding hydrogens is 304 g/mol. The molecule has 0 saturated heterocycles. The number of para-hydroxylation sites is 2. The van der Waals surface area contributed by atoms with E-state index >= 15 is 0 Å². The number of hydrogen-bond donors (Lipinski definition) is 2. The van der Waals surface area contributed by atoms with Crippen molar-refractivity contribution in [2.75, 3.05) is 12.3 Å². The fourth-order valence-electron chi connectivity index (χ4n) is 2.72. The van der Waals surface area contributed by atoms with Gasteiger partial charge in [-0.05, 0) is 32.9 Å². The van der Waals surface area contributed by atoms with E-state index in [1.807, 2.05) is 45.0 Å². The van der Waals surface area contributed by atoms with Crippen LogP contribution < -0.4 is 11.1 Å². The third-order valence-corrected chi connectivity index (χ3v) is 4.20. The van der Waals surface area contributed by atoms with Gasteiger partial charge in [-0.2, -0.15) is 5.10 Å². The van der Waals surface area contributed by atoms with Crippen molar-refractivity contribution in [3.8, 4) is 0 Å². The number of fused-ring (bicyclic) bond motifs is 1. The van der Waals surface area contributed by atoms with E-state index in [1.165, 1.54) is 6.20 Å². The molecule has 0 spiro atoms. The minimum atomic E-state index is -0.802. The Morgan fingerprint density at radius 1 is 1.33 bits per heavy atom. The molecule has 2 aromatic heterocycles. The van der Waals surface area contributed by atoms with Crippen LogP contribution in [0.2, 0.25) is 0 Å². The summed E-state index contributed by atoms with van der Waals surface area (Å²) in [6.07, 6.45) is 3.20. The number of nitrogen functional groups attached to an aromatic ring is 1. The van der Waals surface area contributed by atoms with Crippen LogP contribution in [0.15, 0.2) is 36.7 Å². The minimum Gasteiger partial charge on any atom is -0.396 e. The van der Waals surface area contributed by atoms with Gasteiger partial charge >= 0.3 is 0 Å². The number of anilines is 1. The van der Waals surface area contributed by atoms with E-state index in [0.29, 0.717) is 18.8 Å². The second-order valence-corrected chi connectivity index (χ2v) is 6.33. The summed E-state index contributed by atoms with van der Waals surface area (Å²) in [5.41, 5.74) is 7.46. The van der Waals surface area contributed by atoms with Crippen LogP contribution in [0.1, 0.15) is 19.7 Å². The highest BCUT2D eigenvalue weighted by Gasteiger charge is 2.30. The lowest BCUT2D eigenvalue weighted by Gasteiger charge is -2.24. The Kier molecular flexibility index (Phi) is 4.01. The van der Waals surface area contributed by atoms with E-state index in [-0.39, 0.29) is 5.91 Å². The molecule has 1 aromatic carbocycles. The molecule has 0 aliphatic carbocycles. The first-order chi connectivity index (χ1) is 11.4. The van der Waals surface area contributed by atoms with Gasteiger partial charge in [0.15, 0.2) is 0 Å². The van der Waals surface area contributed by atoms with Gasteiger partial charge in [0, 0.05) is 19.3 Å². The van der Waals surface area contributed by atoms with Crippen LogP contribution in [0.4, 0.5) is 5.69 Å². The predicted molar refractivity (Wildman–Crippen MR) is 93.4 cm³/mol. The van der Waals surface area contributed by atoms with Gasteiger partial charge < -0.3 is 15.6 Å². The highest BCUT2D eigenvalue weighted by Crippen LogP contribution is 2.17. The third-order valence-electron chi connectivity index (χ3n) is 4.20. The summed E-state index contributed by atoms with van der Waals surface area (Å²) < 4.78 is 3.68. The molecule has 0 radical (unpaired) electrons. The number of imidazole rings is 1. The lowest BCUT2D eigenvalue weighted by Crippen LogP contribution is -2.45. The molecule has 7 nitrogen and oxygen atoms in total. The molecule has 0 saturated carbocycles. The lowest BCUT2D eigenvalue weighted by molar-refractivity contribution is -0.128. The number of nitrogens with one attached hydrogen (secondary N) is 1. The molecule has 2 heterocycles. The maximum Gasteiger partial charge on any atom is 0.247 e. The zero-order chi connectivity index (χ0) is 17.3. The molecule has 0 fully saturated rings. The van der Waals surface area contributed by atoms with Gasteiger partial charge in [0.05, 0.1) is 22.9 Å². The number of aromatic nitrogens is 4. The fourth-order valence-corrected chi connectivity index (χ4v) is 2.72. The molecule has 0 aliphatic heterocycles. The van der Waals surface area contributed by atoms with Gasteiger partial charge in [0.1, 0.15) is 11.4 Å². The Labute approximate surface area is 140 Å². The van der Waals surface area contributed by atoms with Crippen molar-refractivity contribution in [3.05, 3.63) is 42.5 Å². The number of hydrogen-bond acceptors (Lipinski definition) is 4. The molecule has 126 valence electrons. The Morgan fingerprint density at radius 3 is 2.79 bits per heavy atom. The Balaban J connectivity index is 1.67. The minimum absolute atomic E-state index is 0.104. The number of benzene rings is 1. The lowest BCUT2D eigenvalue weighted by atomic mass is 10.1. The first-order valence-corrected chi connectivity index (χ1v) is 7.90. The summed E-state index contributed by atoms with van der Waals surface area (Å²) in [4.78, 5) is 17.0. The van der Waals surface area contributed by atoms with E-state index in [0.717, 1.165) is 16.9 Å². The molecule has 0 unspecified atom stereocenters. The zero-order valence-electron chi connectivity index (χ0n) is 14.2. The second-order valence-electron chi connectivity index (χ2n) is 6.33. The Hall–Kier alpha value is -2.83. The summed E-state index contributed by atoms with van der Waals surface area (Å²) in [6, 6.07) is 7.99. The average molecular weight is 326 g/mol. The molecule has 3 aromatic rings. The van der Waals surface area contributed by atoms with E-state index in [2.05, 4.69) is 20.0 Å². The first-order valence-electron chi connectivity index (χ1n) is 7.90. The Morgan fingerprint density at radius 2 is 2.08 bits per heavy atom. The quantitative estimate of drug-likeness (QED) is 0.746. The van der Waals surface area contributed by atoms with Crippen molar-refractivity contribution in [3.63, 3.8) is 0 Å². The van der Waals surface area contributed by atoms with Gasteiger partial charge in [-0.25, -0.2) is 4.98 Å². The average Bonchev–Trinajstić information content (AvgIpc) is 3.11. The maximum atomic E-state index is 12.5. The number of carbonyl (C=O) groups is 1. The normalized spacial score (nSPS) is 11.8. The molecule has 24 heavy (non-hydrogen) atoms. The van der Waals surface area contributed by atoms with E-state index < -0.39 is 5.54 Å². The second kappa shape index (κ2) is 5.99. The van der Waals surface area contributed by atoms with E-state index in [4.69, 9.17) is 5.73 Å². The number of rotatable bonds is 5. The molecule has 3 N–H and O–H groups in total. The topological polar surface area (TPSA) is 90.8 Å². The summed E-state index contributed by atoms with van der Waals surface area (Å²) in [5.74, 6) is 0.831. The standard InChI is InChI=1S/C17H22N6O/c1-12-21-14-6-4-5-7-15(14)22(12)9-8-19-16(24)17(2,3)23-11-13(18)10-20-23/h4-7,10-11H,8-9,18H2,1-3H3,(H,19,24). The van der Waals surface area contributed by atoms with Gasteiger partial charge in [0.2, 0.25) is 5.91 Å². The van der Waals surface area contributed by atoms with Crippen molar-refractivity contribution >= 4 is 22.6 Å². The van der Waals surface area contributed by atoms with Gasteiger partial charge in [-0.3, -0.25) is 9.48 Å². The molecule has 7 heteroatoms. The van der Waals surface area contributed by atoms with Crippen molar-refractivity contribution in [2.24, 2.45) is 0 Å². The van der Waals surface area contributed by atoms with Gasteiger partial charge in [0.25, 0.3) is 0 Å². The molecule has 1 amide bonds. The first kappa shape index (κ1) is 16.0. The molecule has 3 rings (SSSR count). The van der Waals surface area contributed by atoms with Crippen molar-refractivity contribution < 1.29 is 4.79 Å². The molecule has 0 aliphatic rings. The number of aryl methyl sites for hydroxylation is 1. The van der Waals surface area contributed by atoms with Crippen LogP contribution in [-0.2, 0) is 16.9 Å². The monoisotopic (exact) mass is 326 g/mol. The summed E-state index contributed by atoms with van der Waals surface area (Å²) in [7, 11) is 0. The van der Waals surface area contributed by atoms with Crippen molar-refractivity contribution in [1.82, 2.24) is 24.6 Å². The predicted octanol–water partition coefficient (Wildman–Crippen LogP) is 1.67. The van der Waals surface area contributed by atoms with Crippen LogP contribution in [0, 0.1) is 6.92 Å². The van der Waals surface area contributed by atoms with Crippen LogP contribution >= 0.6 is 0 Å². The summed E-state index contributed by atoms with van der Waals surface area (Å²) >= 11 is 0. The van der Waals surface area contributed by atoms with Crippen LogP contribution in [0.25, 0.3) is 11.0 Å².